The summed E-state index contributed by atoms with van der Waals surface area (Å²) in [6.07, 6.45) is -3.76. The molecule has 1 aliphatic rings. The molecular weight excluding hydrogens is 533 g/mol. The lowest BCUT2D eigenvalue weighted by molar-refractivity contribution is -0.149. The average Bonchev–Trinajstić information content (AvgIpc) is 3.11. The fourth-order valence-corrected chi connectivity index (χ4v) is 5.10. The first kappa shape index (κ1) is 25.6. The van der Waals surface area contributed by atoms with Crippen molar-refractivity contribution >= 4 is 37.5 Å². The average molecular weight is 564 g/mol. The minimum absolute atomic E-state index is 0.0552. The zero-order valence-electron chi connectivity index (χ0n) is 21.9. The van der Waals surface area contributed by atoms with Gasteiger partial charge in [0.2, 0.25) is 0 Å². The van der Waals surface area contributed by atoms with Gasteiger partial charge in [0, 0.05) is 11.8 Å². The fraction of sp³-hybridized carbons (Fsp3) is 0.500. The van der Waals surface area contributed by atoms with Crippen LogP contribution in [0.4, 0.5) is 0 Å². The molecule has 1 aromatic heterocycles. The standard InChI is InChI=1S/C22H29ClN3O8PS/c1-12(2)32-21(29)14(4)25-35(30,34-15-8-6-5-7-9-15)31-11-16-18(27)17(23)20(33-16)26-10-13(3)19(28)24-22(26)36/h5-10,12,14,16-18,20,27H,11H2,1-4H3,(H,25,30)(H,24,28,36)/t14-,16-,17+,18?,20-,35?/m0/s1/i11D2. The number of nitrogens with one attached hydrogen (secondary N) is 2. The van der Waals surface area contributed by atoms with Crippen molar-refractivity contribution in [2.24, 2.45) is 0 Å². The first-order valence-electron chi connectivity index (χ1n) is 12.0. The van der Waals surface area contributed by atoms with E-state index in [1.165, 1.54) is 36.7 Å². The maximum Gasteiger partial charge on any atom is 0.459 e. The molecule has 0 spiro atoms. The predicted molar refractivity (Wildman–Crippen MR) is 135 cm³/mol. The largest absolute Gasteiger partial charge is 0.462 e. The number of aryl methyl sites for hydroxylation is 1. The number of halogens is 1. The number of rotatable bonds is 10. The maximum absolute atomic E-state index is 13.8. The Kier molecular flexibility index (Phi) is 8.53. The highest BCUT2D eigenvalue weighted by atomic mass is 35.5. The molecule has 14 heteroatoms. The molecule has 2 heterocycles. The normalized spacial score (nSPS) is 25.5. The molecule has 3 N–H and O–H groups in total. The van der Waals surface area contributed by atoms with Gasteiger partial charge in [0.15, 0.2) is 11.0 Å². The van der Waals surface area contributed by atoms with Gasteiger partial charge in [-0.1, -0.05) is 18.2 Å². The van der Waals surface area contributed by atoms with Crippen molar-refractivity contribution in [3.8, 4) is 5.75 Å². The summed E-state index contributed by atoms with van der Waals surface area (Å²) in [7, 11) is -4.67. The van der Waals surface area contributed by atoms with E-state index in [0.29, 0.717) is 0 Å². The number of para-hydroxylation sites is 1. The predicted octanol–water partition coefficient (Wildman–Crippen LogP) is 3.21. The van der Waals surface area contributed by atoms with Gasteiger partial charge in [-0.05, 0) is 52.0 Å². The number of aliphatic hydroxyl groups excluding tert-OH is 1. The summed E-state index contributed by atoms with van der Waals surface area (Å²) in [5.41, 5.74) is -0.156. The number of alkyl halides is 1. The van der Waals surface area contributed by atoms with Crippen LogP contribution in [0.2, 0.25) is 0 Å². The van der Waals surface area contributed by atoms with Gasteiger partial charge in [-0.2, -0.15) is 5.09 Å². The second-order valence-electron chi connectivity index (χ2n) is 8.31. The topological polar surface area (TPSA) is 141 Å². The molecule has 3 rings (SSSR count). The zero-order chi connectivity index (χ0) is 28.4. The third-order valence-electron chi connectivity index (χ3n) is 4.93. The molecule has 1 fully saturated rings. The molecule has 1 aromatic carbocycles. The number of ether oxygens (including phenoxy) is 2. The quantitative estimate of drug-likeness (QED) is 0.171. The van der Waals surface area contributed by atoms with Crippen LogP contribution in [0, 0.1) is 11.7 Å². The van der Waals surface area contributed by atoms with Gasteiger partial charge < -0.3 is 19.1 Å². The van der Waals surface area contributed by atoms with E-state index in [2.05, 4.69) is 10.1 Å². The van der Waals surface area contributed by atoms with Gasteiger partial charge in [-0.15, -0.1) is 11.6 Å². The van der Waals surface area contributed by atoms with E-state index >= 15 is 0 Å². The molecule has 2 unspecified atom stereocenters. The molecule has 0 amide bonds. The third-order valence-corrected chi connectivity index (χ3v) is 7.22. The van der Waals surface area contributed by atoms with E-state index < -0.39 is 61.8 Å². The number of hydrogen-bond acceptors (Lipinski definition) is 9. The molecule has 0 aliphatic carbocycles. The Hall–Kier alpha value is -2.05. The Balaban J connectivity index is 1.90. The Morgan fingerprint density at radius 3 is 2.69 bits per heavy atom. The van der Waals surface area contributed by atoms with Gasteiger partial charge in [-0.25, -0.2) is 4.57 Å². The van der Waals surface area contributed by atoms with E-state index in [-0.39, 0.29) is 16.1 Å². The van der Waals surface area contributed by atoms with E-state index in [4.69, 9.17) is 45.1 Å². The van der Waals surface area contributed by atoms with Gasteiger partial charge in [0.1, 0.15) is 29.4 Å². The maximum atomic E-state index is 13.8. The minimum Gasteiger partial charge on any atom is -0.462 e. The second-order valence-corrected chi connectivity index (χ2v) is 10.8. The molecule has 0 saturated carbocycles. The Morgan fingerprint density at radius 2 is 2.06 bits per heavy atom. The Labute approximate surface area is 221 Å². The summed E-state index contributed by atoms with van der Waals surface area (Å²) in [6, 6.07) is 6.54. The molecule has 11 nitrogen and oxygen atoms in total. The van der Waals surface area contributed by atoms with Gasteiger partial charge >= 0.3 is 13.7 Å². The Morgan fingerprint density at radius 1 is 1.39 bits per heavy atom. The van der Waals surface area contributed by atoms with E-state index in [9.17, 15) is 19.3 Å². The van der Waals surface area contributed by atoms with Crippen LogP contribution >= 0.6 is 31.6 Å². The van der Waals surface area contributed by atoms with E-state index in [1.807, 2.05) is 0 Å². The summed E-state index contributed by atoms with van der Waals surface area (Å²) in [5, 5.41) is 11.9. The van der Waals surface area contributed by atoms with Crippen LogP contribution in [0.3, 0.4) is 0 Å². The molecule has 0 radical (unpaired) electrons. The number of carbonyl (C=O) groups excluding carboxylic acids is 1. The molecular formula is C22H29ClN3O8PS. The van der Waals surface area contributed by atoms with Crippen molar-refractivity contribution in [1.82, 2.24) is 14.6 Å². The van der Waals surface area contributed by atoms with Crippen LogP contribution in [0.25, 0.3) is 0 Å². The SMILES string of the molecule is [2H]C([2H])(OP(=O)(N[C@@H](C)C(=O)OC(C)C)Oc1ccccc1)[C@@H]1O[C@H](n2cc(C)c(=O)[nH]c2=S)[C@H](Cl)C1O. The summed E-state index contributed by atoms with van der Waals surface area (Å²) in [4.78, 5) is 26.7. The number of esters is 1. The van der Waals surface area contributed by atoms with Crippen LogP contribution in [0.5, 0.6) is 5.75 Å². The number of benzene rings is 1. The third kappa shape index (κ3) is 7.04. The molecule has 1 aliphatic heterocycles. The van der Waals surface area contributed by atoms with Gasteiger partial charge in [-0.3, -0.25) is 23.7 Å². The van der Waals surface area contributed by atoms with Crippen LogP contribution in [0.15, 0.2) is 41.3 Å². The number of nitrogens with zero attached hydrogens (tertiary/aromatic N) is 1. The zero-order valence-corrected chi connectivity index (χ0v) is 22.4. The molecule has 2 aromatic rings. The van der Waals surface area contributed by atoms with Crippen LogP contribution in [-0.4, -0.2) is 56.9 Å². The van der Waals surface area contributed by atoms with Crippen LogP contribution in [0.1, 0.15) is 35.3 Å². The fourth-order valence-electron chi connectivity index (χ4n) is 3.17. The molecule has 6 atom stereocenters. The number of aromatic amines is 1. The number of aliphatic hydroxyl groups is 1. The lowest BCUT2D eigenvalue weighted by atomic mass is 10.2. The van der Waals surface area contributed by atoms with E-state index in [1.54, 1.807) is 32.0 Å². The lowest BCUT2D eigenvalue weighted by Crippen LogP contribution is -2.37. The summed E-state index contributed by atoms with van der Waals surface area (Å²) < 4.78 is 53.7. The van der Waals surface area contributed by atoms with E-state index in [0.717, 1.165) is 0 Å². The monoisotopic (exact) mass is 563 g/mol. The molecule has 36 heavy (non-hydrogen) atoms. The number of hydrogen-bond donors (Lipinski definition) is 3. The minimum atomic E-state index is -4.67. The summed E-state index contributed by atoms with van der Waals surface area (Å²) in [5.74, 6) is -0.721. The summed E-state index contributed by atoms with van der Waals surface area (Å²) in [6.45, 7) is 3.16. The second kappa shape index (κ2) is 12.0. The molecule has 198 valence electrons. The number of H-pyrrole nitrogens is 1. The van der Waals surface area contributed by atoms with Crippen LogP contribution in [-0.2, 0) is 23.4 Å². The molecule has 1 saturated heterocycles. The smallest absolute Gasteiger partial charge is 0.459 e. The first-order valence-corrected chi connectivity index (χ1v) is 13.4. The first-order chi connectivity index (χ1) is 17.6. The van der Waals surface area contributed by atoms with Gasteiger partial charge in [0.05, 0.1) is 15.4 Å². The number of aromatic nitrogens is 2. The van der Waals surface area contributed by atoms with Crippen molar-refractivity contribution in [1.29, 1.82) is 0 Å². The van der Waals surface area contributed by atoms with Crippen molar-refractivity contribution in [3.63, 3.8) is 0 Å². The highest BCUT2D eigenvalue weighted by Crippen LogP contribution is 2.46. The highest BCUT2D eigenvalue weighted by Gasteiger charge is 2.45. The molecule has 0 bridgehead atoms. The highest BCUT2D eigenvalue weighted by molar-refractivity contribution is 7.71. The van der Waals surface area contributed by atoms with Crippen molar-refractivity contribution in [2.45, 2.75) is 63.7 Å². The van der Waals surface area contributed by atoms with Gasteiger partial charge in [0.25, 0.3) is 5.56 Å². The van der Waals surface area contributed by atoms with Crippen LogP contribution < -0.4 is 15.2 Å². The summed E-state index contributed by atoms with van der Waals surface area (Å²) >= 11 is 11.5. The Bertz CT molecular complexity index is 1310. The lowest BCUT2D eigenvalue weighted by Gasteiger charge is -2.25. The van der Waals surface area contributed by atoms with Crippen molar-refractivity contribution < 1.29 is 35.7 Å². The van der Waals surface area contributed by atoms with Crippen molar-refractivity contribution in [2.75, 3.05) is 6.56 Å². The number of carbonyl (C=O) groups is 1. The van der Waals surface area contributed by atoms with Crippen molar-refractivity contribution in [3.05, 3.63) is 57.2 Å².